The van der Waals surface area contributed by atoms with Crippen LogP contribution in [0.25, 0.3) is 6.08 Å². The van der Waals surface area contributed by atoms with Crippen molar-refractivity contribution in [1.29, 1.82) is 0 Å². The molecule has 1 aliphatic rings. The zero-order valence-electron chi connectivity index (χ0n) is 28.5. The van der Waals surface area contributed by atoms with Crippen molar-refractivity contribution in [3.8, 4) is 23.0 Å². The normalized spacial score (nSPS) is 14.0. The first kappa shape index (κ1) is 35.9. The Morgan fingerprint density at radius 3 is 2.42 bits per heavy atom. The van der Waals surface area contributed by atoms with E-state index in [2.05, 4.69) is 10.3 Å². The molecule has 1 atom stereocenters. The SMILES string of the molecule is CCOc1cc(/C=c2/sc3n(c2=O)[C@@H](c2cccc(OC)c2OCC)C(C(=O)OCCOC)=C(C)N=3)ccc1OCC(=O)Nc1ccccc1. The Kier molecular flexibility index (Phi) is 12.1. The number of rotatable bonds is 15. The average molecular weight is 702 g/mol. The van der Waals surface area contributed by atoms with Crippen LogP contribution in [0.15, 0.2) is 87.8 Å². The van der Waals surface area contributed by atoms with Crippen LogP contribution in [-0.2, 0) is 19.1 Å². The van der Waals surface area contributed by atoms with Gasteiger partial charge < -0.3 is 33.7 Å². The van der Waals surface area contributed by atoms with E-state index < -0.39 is 12.0 Å². The second-order valence-electron chi connectivity index (χ2n) is 10.9. The molecule has 0 radical (unpaired) electrons. The molecule has 12 nitrogen and oxygen atoms in total. The van der Waals surface area contributed by atoms with E-state index in [0.717, 1.165) is 0 Å². The highest BCUT2D eigenvalue weighted by molar-refractivity contribution is 7.07. The Morgan fingerprint density at radius 1 is 0.920 bits per heavy atom. The number of ether oxygens (including phenoxy) is 6. The first-order chi connectivity index (χ1) is 24.3. The Hall–Kier alpha value is -5.40. The molecule has 4 aromatic rings. The minimum atomic E-state index is -0.920. The fraction of sp³-hybridized carbons (Fsp3) is 0.297. The van der Waals surface area contributed by atoms with E-state index in [4.69, 9.17) is 28.4 Å². The summed E-state index contributed by atoms with van der Waals surface area (Å²) in [6.45, 7) is 6.08. The highest BCUT2D eigenvalue weighted by atomic mass is 32.1. The van der Waals surface area contributed by atoms with Gasteiger partial charge in [-0.1, -0.05) is 47.7 Å². The summed E-state index contributed by atoms with van der Waals surface area (Å²) in [7, 11) is 3.04. The van der Waals surface area contributed by atoms with Crippen molar-refractivity contribution >= 4 is 35.0 Å². The van der Waals surface area contributed by atoms with Gasteiger partial charge in [0.2, 0.25) is 0 Å². The number of carbonyl (C=O) groups excluding carboxylic acids is 2. The monoisotopic (exact) mass is 701 g/mol. The quantitative estimate of drug-likeness (QED) is 0.143. The molecule has 5 rings (SSSR count). The van der Waals surface area contributed by atoms with E-state index in [1.165, 1.54) is 30.1 Å². The summed E-state index contributed by atoms with van der Waals surface area (Å²) in [4.78, 5) is 45.4. The predicted molar refractivity (Wildman–Crippen MR) is 189 cm³/mol. The Labute approximate surface area is 293 Å². The van der Waals surface area contributed by atoms with Gasteiger partial charge in [0.05, 0.1) is 42.7 Å². The molecule has 50 heavy (non-hydrogen) atoms. The maximum absolute atomic E-state index is 14.3. The Bertz CT molecular complexity index is 2050. The number of esters is 1. The van der Waals surface area contributed by atoms with Crippen LogP contribution in [0.5, 0.6) is 23.0 Å². The van der Waals surface area contributed by atoms with Gasteiger partial charge in [-0.25, -0.2) is 9.79 Å². The molecule has 1 aromatic heterocycles. The highest BCUT2D eigenvalue weighted by Gasteiger charge is 2.36. The number of allylic oxidation sites excluding steroid dienone is 1. The van der Waals surface area contributed by atoms with E-state index in [1.54, 1.807) is 61.5 Å². The van der Waals surface area contributed by atoms with Gasteiger partial charge in [0.1, 0.15) is 12.6 Å². The number of hydrogen-bond donors (Lipinski definition) is 1. The predicted octanol–water partition coefficient (Wildman–Crippen LogP) is 4.25. The smallest absolute Gasteiger partial charge is 0.338 e. The lowest BCUT2D eigenvalue weighted by molar-refractivity contribution is -0.140. The standard InChI is InChI=1S/C37H39N3O9S/c1-6-46-29-20-24(16-17-27(29)49-22-31(41)39-25-12-9-8-10-13-25)21-30-35(42)40-33(26-14-11-15-28(45-5)34(26)47-7-2)32(23(3)38-37(40)50-30)36(43)48-19-18-44-4/h8-17,20-21,33H,6-7,18-19,22H2,1-5H3,(H,39,41)/b30-21+/t33-/m0/s1. The summed E-state index contributed by atoms with van der Waals surface area (Å²) >= 11 is 1.19. The molecule has 0 bridgehead atoms. The fourth-order valence-corrected chi connectivity index (χ4v) is 6.44. The molecule has 3 aromatic carbocycles. The van der Waals surface area contributed by atoms with Crippen molar-refractivity contribution in [2.24, 2.45) is 4.99 Å². The van der Waals surface area contributed by atoms with Crippen molar-refractivity contribution in [2.75, 3.05) is 52.6 Å². The van der Waals surface area contributed by atoms with Crippen molar-refractivity contribution in [1.82, 2.24) is 4.57 Å². The van der Waals surface area contributed by atoms with Gasteiger partial charge in [-0.3, -0.25) is 14.2 Å². The molecule has 0 saturated heterocycles. The van der Waals surface area contributed by atoms with Crippen LogP contribution in [0.1, 0.15) is 37.9 Å². The van der Waals surface area contributed by atoms with Crippen LogP contribution < -0.4 is 39.2 Å². The van der Waals surface area contributed by atoms with E-state index >= 15 is 0 Å². The Balaban J connectivity index is 1.54. The summed E-state index contributed by atoms with van der Waals surface area (Å²) in [5, 5.41) is 2.79. The molecule has 1 amide bonds. The van der Waals surface area contributed by atoms with Crippen molar-refractivity contribution < 1.29 is 38.0 Å². The van der Waals surface area contributed by atoms with E-state index in [0.29, 0.717) is 68.1 Å². The minimum Gasteiger partial charge on any atom is -0.493 e. The van der Waals surface area contributed by atoms with Gasteiger partial charge in [-0.15, -0.1) is 0 Å². The molecule has 2 heterocycles. The fourth-order valence-electron chi connectivity index (χ4n) is 5.40. The first-order valence-electron chi connectivity index (χ1n) is 16.0. The van der Waals surface area contributed by atoms with Crippen LogP contribution in [-0.4, -0.2) is 63.7 Å². The molecule has 13 heteroatoms. The number of nitrogens with zero attached hydrogens (tertiary/aromatic N) is 2. The number of aromatic nitrogens is 1. The van der Waals surface area contributed by atoms with Crippen molar-refractivity contribution in [3.63, 3.8) is 0 Å². The molecular weight excluding hydrogens is 662 g/mol. The van der Waals surface area contributed by atoms with Gasteiger partial charge >= 0.3 is 5.97 Å². The van der Waals surface area contributed by atoms with Gasteiger partial charge in [0, 0.05) is 18.4 Å². The van der Waals surface area contributed by atoms with Crippen LogP contribution in [0, 0.1) is 0 Å². The molecule has 0 aliphatic carbocycles. The number of benzene rings is 3. The van der Waals surface area contributed by atoms with E-state index in [9.17, 15) is 14.4 Å². The highest BCUT2D eigenvalue weighted by Crippen LogP contribution is 2.41. The second-order valence-corrected chi connectivity index (χ2v) is 11.9. The zero-order valence-corrected chi connectivity index (χ0v) is 29.3. The molecule has 0 saturated carbocycles. The first-order valence-corrected chi connectivity index (χ1v) is 16.8. The number of carbonyl (C=O) groups is 2. The lowest BCUT2D eigenvalue weighted by atomic mass is 9.94. The number of hydrogen-bond acceptors (Lipinski definition) is 11. The zero-order chi connectivity index (χ0) is 35.6. The summed E-state index contributed by atoms with van der Waals surface area (Å²) in [5.41, 5.74) is 2.11. The van der Waals surface area contributed by atoms with Gasteiger partial charge in [0.25, 0.3) is 11.5 Å². The summed E-state index contributed by atoms with van der Waals surface area (Å²) in [6, 6.07) is 18.7. The number of anilines is 1. The second kappa shape index (κ2) is 16.8. The van der Waals surface area contributed by atoms with Crippen LogP contribution in [0.2, 0.25) is 0 Å². The molecular formula is C37H39N3O9S. The van der Waals surface area contributed by atoms with Gasteiger partial charge in [-0.05, 0) is 62.7 Å². The van der Waals surface area contributed by atoms with Crippen LogP contribution in [0.4, 0.5) is 5.69 Å². The third-order valence-electron chi connectivity index (χ3n) is 7.56. The number of fused-ring (bicyclic) bond motifs is 1. The third kappa shape index (κ3) is 8.07. The number of thiazole rings is 1. The van der Waals surface area contributed by atoms with Crippen LogP contribution in [0.3, 0.4) is 0 Å². The summed E-state index contributed by atoms with van der Waals surface area (Å²) in [6.07, 6.45) is 1.72. The summed E-state index contributed by atoms with van der Waals surface area (Å²) < 4.78 is 35.7. The largest absolute Gasteiger partial charge is 0.493 e. The molecule has 262 valence electrons. The van der Waals surface area contributed by atoms with Gasteiger partial charge in [0.15, 0.2) is 34.4 Å². The lowest BCUT2D eigenvalue weighted by Gasteiger charge is -2.27. The minimum absolute atomic E-state index is 0.0270. The maximum Gasteiger partial charge on any atom is 0.338 e. The molecule has 0 fully saturated rings. The average Bonchev–Trinajstić information content (AvgIpc) is 3.41. The van der Waals surface area contributed by atoms with Crippen LogP contribution >= 0.6 is 11.3 Å². The molecule has 0 unspecified atom stereocenters. The molecule has 0 spiro atoms. The third-order valence-corrected chi connectivity index (χ3v) is 8.54. The number of methoxy groups -OCH3 is 2. The van der Waals surface area contributed by atoms with Crippen molar-refractivity contribution in [2.45, 2.75) is 26.8 Å². The lowest BCUT2D eigenvalue weighted by Crippen LogP contribution is -2.40. The topological polar surface area (TPSA) is 136 Å². The molecule has 1 N–H and O–H groups in total. The van der Waals surface area contributed by atoms with Crippen molar-refractivity contribution in [3.05, 3.63) is 109 Å². The summed E-state index contributed by atoms with van der Waals surface area (Å²) in [5.74, 6) is 0.706. The van der Waals surface area contributed by atoms with E-state index in [-0.39, 0.29) is 36.9 Å². The number of amides is 1. The number of para-hydroxylation sites is 2. The Morgan fingerprint density at radius 2 is 1.70 bits per heavy atom. The maximum atomic E-state index is 14.3. The molecule has 1 aliphatic heterocycles. The van der Waals surface area contributed by atoms with Gasteiger partial charge in [-0.2, -0.15) is 0 Å². The van der Waals surface area contributed by atoms with E-state index in [1.807, 2.05) is 32.0 Å². The number of nitrogens with one attached hydrogen (secondary N) is 1.